The molecule has 3 rings (SSSR count). The van der Waals surface area contributed by atoms with Gasteiger partial charge in [-0.25, -0.2) is 0 Å². The van der Waals surface area contributed by atoms with E-state index in [0.29, 0.717) is 0 Å². The third-order valence-corrected chi connectivity index (χ3v) is 4.05. The molecule has 0 spiro atoms. The minimum absolute atomic E-state index is 0.0532. The summed E-state index contributed by atoms with van der Waals surface area (Å²) in [6.45, 7) is 1.98. The average Bonchev–Trinajstić information content (AvgIpc) is 2.50. The number of nitrogens with zero attached hydrogens (tertiary/aromatic N) is 1. The Balaban J connectivity index is 1.85. The molecule has 1 saturated heterocycles. The minimum Gasteiger partial charge on any atom is -0.329 e. The SMILES string of the molecule is O=c1[nH]cccc1[C@H]1CCCCN1Cc1ccccc1. The Kier molecular flexibility index (Phi) is 3.97. The predicted octanol–water partition coefficient (Wildman–Crippen LogP) is 3.10. The monoisotopic (exact) mass is 268 g/mol. The first kappa shape index (κ1) is 13.1. The molecular weight excluding hydrogens is 248 g/mol. The van der Waals surface area contributed by atoms with Gasteiger partial charge < -0.3 is 4.98 Å². The van der Waals surface area contributed by atoms with Gasteiger partial charge in [0.2, 0.25) is 0 Å². The third kappa shape index (κ3) is 2.83. The summed E-state index contributed by atoms with van der Waals surface area (Å²) in [5, 5.41) is 0. The Bertz CT molecular complexity index is 606. The molecule has 1 aromatic heterocycles. The first-order valence-corrected chi connectivity index (χ1v) is 7.30. The summed E-state index contributed by atoms with van der Waals surface area (Å²) in [5.74, 6) is 0. The van der Waals surface area contributed by atoms with Crippen molar-refractivity contribution in [2.45, 2.75) is 31.8 Å². The number of hydrogen-bond acceptors (Lipinski definition) is 2. The number of H-pyrrole nitrogens is 1. The molecule has 0 aliphatic carbocycles. The van der Waals surface area contributed by atoms with Gasteiger partial charge in [-0.15, -0.1) is 0 Å². The van der Waals surface area contributed by atoms with Crippen LogP contribution in [0, 0.1) is 0 Å². The van der Waals surface area contributed by atoms with Crippen LogP contribution in [0.4, 0.5) is 0 Å². The molecule has 1 atom stereocenters. The van der Waals surface area contributed by atoms with Crippen molar-refractivity contribution in [1.82, 2.24) is 9.88 Å². The minimum atomic E-state index is 0.0532. The highest BCUT2D eigenvalue weighted by atomic mass is 16.1. The molecule has 1 N–H and O–H groups in total. The van der Waals surface area contributed by atoms with Crippen LogP contribution in [0.5, 0.6) is 0 Å². The van der Waals surface area contributed by atoms with Gasteiger partial charge in [0.15, 0.2) is 0 Å². The van der Waals surface area contributed by atoms with Crippen molar-refractivity contribution in [3.63, 3.8) is 0 Å². The van der Waals surface area contributed by atoms with Crippen molar-refractivity contribution < 1.29 is 0 Å². The summed E-state index contributed by atoms with van der Waals surface area (Å²) in [5.41, 5.74) is 2.27. The maximum Gasteiger partial charge on any atom is 0.252 e. The van der Waals surface area contributed by atoms with Gasteiger partial charge in [-0.1, -0.05) is 42.8 Å². The number of pyridine rings is 1. The topological polar surface area (TPSA) is 36.1 Å². The van der Waals surface area contributed by atoms with Gasteiger partial charge in [0, 0.05) is 24.3 Å². The van der Waals surface area contributed by atoms with Crippen LogP contribution in [0.1, 0.15) is 36.4 Å². The summed E-state index contributed by atoms with van der Waals surface area (Å²) in [7, 11) is 0. The van der Waals surface area contributed by atoms with Crippen LogP contribution in [-0.4, -0.2) is 16.4 Å². The van der Waals surface area contributed by atoms with Gasteiger partial charge in [0.05, 0.1) is 0 Å². The summed E-state index contributed by atoms with van der Waals surface area (Å²) in [6, 6.07) is 14.6. The van der Waals surface area contributed by atoms with Crippen LogP contribution in [0.3, 0.4) is 0 Å². The highest BCUT2D eigenvalue weighted by Crippen LogP contribution is 2.30. The van der Waals surface area contributed by atoms with Crippen LogP contribution >= 0.6 is 0 Å². The molecule has 3 heteroatoms. The van der Waals surface area contributed by atoms with Crippen molar-refractivity contribution >= 4 is 0 Å². The van der Waals surface area contributed by atoms with Gasteiger partial charge in [-0.3, -0.25) is 9.69 Å². The first-order chi connectivity index (χ1) is 9.84. The quantitative estimate of drug-likeness (QED) is 0.928. The lowest BCUT2D eigenvalue weighted by Gasteiger charge is -2.35. The lowest BCUT2D eigenvalue weighted by atomic mass is 9.95. The zero-order valence-corrected chi connectivity index (χ0v) is 11.6. The molecule has 2 aromatic rings. The predicted molar refractivity (Wildman–Crippen MR) is 80.5 cm³/mol. The number of aromatic nitrogens is 1. The standard InChI is InChI=1S/C17H20N2O/c20-17-15(9-6-11-18-17)16-10-4-5-12-19(16)13-14-7-2-1-3-8-14/h1-3,6-9,11,16H,4-5,10,12-13H2,(H,18,20)/t16-/m1/s1. The number of likely N-dealkylation sites (tertiary alicyclic amines) is 1. The van der Waals surface area contributed by atoms with Crippen LogP contribution in [0.25, 0.3) is 0 Å². The number of aromatic amines is 1. The molecule has 0 amide bonds. The maximum atomic E-state index is 12.0. The average molecular weight is 268 g/mol. The second kappa shape index (κ2) is 6.06. The molecule has 1 fully saturated rings. The molecule has 20 heavy (non-hydrogen) atoms. The summed E-state index contributed by atoms with van der Waals surface area (Å²) in [4.78, 5) is 17.3. The van der Waals surface area contributed by atoms with Crippen LogP contribution in [0.2, 0.25) is 0 Å². The van der Waals surface area contributed by atoms with E-state index in [4.69, 9.17) is 0 Å². The lowest BCUT2D eigenvalue weighted by Crippen LogP contribution is -2.35. The van der Waals surface area contributed by atoms with Crippen molar-refractivity contribution in [2.24, 2.45) is 0 Å². The highest BCUT2D eigenvalue weighted by Gasteiger charge is 2.25. The van der Waals surface area contributed by atoms with E-state index in [1.54, 1.807) is 6.20 Å². The van der Waals surface area contributed by atoms with Crippen LogP contribution in [0.15, 0.2) is 53.5 Å². The number of nitrogens with one attached hydrogen (secondary N) is 1. The van der Waals surface area contributed by atoms with E-state index in [2.05, 4.69) is 34.1 Å². The fourth-order valence-electron chi connectivity index (χ4n) is 3.05. The van der Waals surface area contributed by atoms with E-state index < -0.39 is 0 Å². The number of hydrogen-bond donors (Lipinski definition) is 1. The molecule has 1 aliphatic heterocycles. The molecule has 0 unspecified atom stereocenters. The van der Waals surface area contributed by atoms with E-state index >= 15 is 0 Å². The van der Waals surface area contributed by atoms with Crippen molar-refractivity contribution in [1.29, 1.82) is 0 Å². The molecule has 1 aliphatic rings. The zero-order chi connectivity index (χ0) is 13.8. The second-order valence-corrected chi connectivity index (χ2v) is 5.42. The summed E-state index contributed by atoms with van der Waals surface area (Å²) >= 11 is 0. The van der Waals surface area contributed by atoms with Gasteiger partial charge in [0.1, 0.15) is 0 Å². The van der Waals surface area contributed by atoms with E-state index in [9.17, 15) is 4.79 Å². The first-order valence-electron chi connectivity index (χ1n) is 7.30. The highest BCUT2D eigenvalue weighted by molar-refractivity contribution is 5.18. The van der Waals surface area contributed by atoms with Crippen molar-refractivity contribution in [3.8, 4) is 0 Å². The molecule has 104 valence electrons. The Morgan fingerprint density at radius 2 is 1.95 bits per heavy atom. The van der Waals surface area contributed by atoms with Gasteiger partial charge in [-0.05, 0) is 31.0 Å². The van der Waals surface area contributed by atoms with Crippen LogP contribution < -0.4 is 5.56 Å². The third-order valence-electron chi connectivity index (χ3n) is 4.05. The Labute approximate surface area is 119 Å². The molecule has 0 radical (unpaired) electrons. The molecule has 0 saturated carbocycles. The smallest absolute Gasteiger partial charge is 0.252 e. The van der Waals surface area contributed by atoms with Crippen molar-refractivity contribution in [2.75, 3.05) is 6.54 Å². The zero-order valence-electron chi connectivity index (χ0n) is 11.6. The van der Waals surface area contributed by atoms with Gasteiger partial charge >= 0.3 is 0 Å². The summed E-state index contributed by atoms with van der Waals surface area (Å²) < 4.78 is 0. The number of rotatable bonds is 3. The largest absolute Gasteiger partial charge is 0.329 e. The van der Waals surface area contributed by atoms with E-state index in [1.165, 1.54) is 18.4 Å². The second-order valence-electron chi connectivity index (χ2n) is 5.42. The van der Waals surface area contributed by atoms with E-state index in [1.807, 2.05) is 18.2 Å². The van der Waals surface area contributed by atoms with E-state index in [-0.39, 0.29) is 11.6 Å². The maximum absolute atomic E-state index is 12.0. The fraction of sp³-hybridized carbons (Fsp3) is 0.353. The number of piperidine rings is 1. The molecule has 2 heterocycles. The molecule has 1 aromatic carbocycles. The van der Waals surface area contributed by atoms with Crippen LogP contribution in [-0.2, 0) is 6.54 Å². The van der Waals surface area contributed by atoms with Gasteiger partial charge in [-0.2, -0.15) is 0 Å². The lowest BCUT2D eigenvalue weighted by molar-refractivity contribution is 0.139. The molecular formula is C17H20N2O. The fourth-order valence-corrected chi connectivity index (χ4v) is 3.05. The normalized spacial score (nSPS) is 19.9. The Hall–Kier alpha value is -1.87. The van der Waals surface area contributed by atoms with Gasteiger partial charge in [0.25, 0.3) is 5.56 Å². The Morgan fingerprint density at radius 1 is 1.10 bits per heavy atom. The molecule has 0 bridgehead atoms. The Morgan fingerprint density at radius 3 is 2.75 bits per heavy atom. The number of benzene rings is 1. The summed E-state index contributed by atoms with van der Waals surface area (Å²) in [6.07, 6.45) is 5.19. The molecule has 3 nitrogen and oxygen atoms in total. The van der Waals surface area contributed by atoms with E-state index in [0.717, 1.165) is 25.1 Å². The van der Waals surface area contributed by atoms with Crippen molar-refractivity contribution in [3.05, 3.63) is 70.1 Å².